The van der Waals surface area contributed by atoms with Gasteiger partial charge >= 0.3 is 5.97 Å². The molecule has 0 spiro atoms. The molecule has 7 nitrogen and oxygen atoms in total. The maximum Gasteiger partial charge on any atom is 0.305 e. The summed E-state index contributed by atoms with van der Waals surface area (Å²) in [4.78, 5) is 11.6. The van der Waals surface area contributed by atoms with Crippen LogP contribution in [0.1, 0.15) is 12.1 Å². The Labute approximate surface area is 173 Å². The molecule has 0 radical (unpaired) electrons. The lowest BCUT2D eigenvalue weighted by atomic mass is 10.2. The van der Waals surface area contributed by atoms with Crippen LogP contribution in [0.4, 0.5) is 0 Å². The zero-order valence-electron chi connectivity index (χ0n) is 16.1. The normalized spacial score (nSPS) is 11.4. The number of methoxy groups -OCH3 is 3. The molecule has 1 heterocycles. The summed E-state index contributed by atoms with van der Waals surface area (Å²) in [6.07, 6.45) is 0.204. The number of fused-ring (bicyclic) bond motifs is 1. The van der Waals surface area contributed by atoms with Gasteiger partial charge in [0.25, 0.3) is 10.0 Å². The lowest BCUT2D eigenvalue weighted by Gasteiger charge is -2.15. The molecule has 29 heavy (non-hydrogen) atoms. The average molecular weight is 438 g/mol. The molecule has 2 aromatic carbocycles. The van der Waals surface area contributed by atoms with E-state index in [-0.39, 0.29) is 23.5 Å². The molecule has 0 aliphatic rings. The Morgan fingerprint density at radius 1 is 1.03 bits per heavy atom. The van der Waals surface area contributed by atoms with E-state index in [0.29, 0.717) is 27.4 Å². The van der Waals surface area contributed by atoms with E-state index < -0.39 is 16.0 Å². The molecule has 0 aliphatic carbocycles. The topological polar surface area (TPSA) is 83.8 Å². The van der Waals surface area contributed by atoms with Crippen molar-refractivity contribution in [3.05, 3.63) is 53.2 Å². The molecular weight excluding hydrogens is 418 g/mol. The number of hydrogen-bond acceptors (Lipinski definition) is 6. The molecule has 1 aromatic heterocycles. The van der Waals surface area contributed by atoms with E-state index in [9.17, 15) is 13.2 Å². The van der Waals surface area contributed by atoms with Crippen molar-refractivity contribution in [2.45, 2.75) is 17.7 Å². The lowest BCUT2D eigenvalue weighted by Crippen LogP contribution is -2.17. The summed E-state index contributed by atoms with van der Waals surface area (Å²) in [6.45, 7) is 0. The third-order valence-electron chi connectivity index (χ3n) is 4.49. The highest BCUT2D eigenvalue weighted by Gasteiger charge is 2.27. The van der Waals surface area contributed by atoms with Crippen LogP contribution < -0.4 is 9.47 Å². The molecule has 3 aromatic rings. The van der Waals surface area contributed by atoms with E-state index in [1.54, 1.807) is 30.3 Å². The minimum atomic E-state index is -4.08. The second-order valence-electron chi connectivity index (χ2n) is 6.20. The van der Waals surface area contributed by atoms with Crippen LogP contribution in [0.5, 0.6) is 11.5 Å². The third kappa shape index (κ3) is 4.04. The zero-order chi connectivity index (χ0) is 21.2. The average Bonchev–Trinajstić information content (AvgIpc) is 3.09. The molecule has 0 saturated carbocycles. The van der Waals surface area contributed by atoms with Crippen molar-refractivity contribution in [2.24, 2.45) is 0 Å². The Hall–Kier alpha value is -2.71. The van der Waals surface area contributed by atoms with Crippen LogP contribution in [0.25, 0.3) is 10.9 Å². The van der Waals surface area contributed by atoms with E-state index in [2.05, 4.69) is 4.74 Å². The second kappa shape index (κ2) is 8.34. The molecule has 0 N–H and O–H groups in total. The Morgan fingerprint density at radius 2 is 1.79 bits per heavy atom. The second-order valence-corrected chi connectivity index (χ2v) is 8.39. The minimum absolute atomic E-state index is 0.0331. The van der Waals surface area contributed by atoms with Crippen molar-refractivity contribution in [3.63, 3.8) is 0 Å². The molecule has 154 valence electrons. The summed E-state index contributed by atoms with van der Waals surface area (Å²) in [5, 5.41) is 1.12. The van der Waals surface area contributed by atoms with E-state index in [4.69, 9.17) is 21.1 Å². The van der Waals surface area contributed by atoms with E-state index in [0.717, 1.165) is 0 Å². The first-order chi connectivity index (χ1) is 13.8. The number of halogens is 1. The van der Waals surface area contributed by atoms with Gasteiger partial charge in [0.15, 0.2) is 0 Å². The van der Waals surface area contributed by atoms with Gasteiger partial charge in [0.2, 0.25) is 0 Å². The number of aromatic nitrogens is 1. The van der Waals surface area contributed by atoms with Crippen LogP contribution in [-0.2, 0) is 26.0 Å². The van der Waals surface area contributed by atoms with E-state index in [1.165, 1.54) is 37.4 Å². The van der Waals surface area contributed by atoms with E-state index >= 15 is 0 Å². The first-order valence-electron chi connectivity index (χ1n) is 8.66. The predicted molar refractivity (Wildman–Crippen MR) is 109 cm³/mol. The number of esters is 1. The highest BCUT2D eigenvalue weighted by molar-refractivity contribution is 7.90. The number of carbonyl (C=O) groups is 1. The fraction of sp³-hybridized carbons (Fsp3) is 0.250. The van der Waals surface area contributed by atoms with Gasteiger partial charge in [-0.25, -0.2) is 12.4 Å². The van der Waals surface area contributed by atoms with Crippen molar-refractivity contribution in [1.29, 1.82) is 0 Å². The number of carbonyl (C=O) groups excluding carboxylic acids is 1. The van der Waals surface area contributed by atoms with Crippen LogP contribution >= 0.6 is 11.6 Å². The van der Waals surface area contributed by atoms with Gasteiger partial charge < -0.3 is 14.2 Å². The smallest absolute Gasteiger partial charge is 0.305 e. The maximum absolute atomic E-state index is 13.7. The van der Waals surface area contributed by atoms with Gasteiger partial charge in [-0.3, -0.25) is 4.79 Å². The summed E-state index contributed by atoms with van der Waals surface area (Å²) in [6, 6.07) is 11.2. The lowest BCUT2D eigenvalue weighted by molar-refractivity contribution is -0.140. The van der Waals surface area contributed by atoms with Crippen LogP contribution in [-0.4, -0.2) is 39.7 Å². The minimum Gasteiger partial charge on any atom is -0.497 e. The summed E-state index contributed by atoms with van der Waals surface area (Å²) < 4.78 is 43.7. The summed E-state index contributed by atoms with van der Waals surface area (Å²) in [7, 11) is 0.0548. The molecule has 0 saturated heterocycles. The molecule has 0 unspecified atom stereocenters. The summed E-state index contributed by atoms with van der Waals surface area (Å²) in [5.74, 6) is 0.122. The Bertz CT molecular complexity index is 1170. The van der Waals surface area contributed by atoms with Crippen LogP contribution in [0.15, 0.2) is 47.4 Å². The van der Waals surface area contributed by atoms with Gasteiger partial charge in [-0.15, -0.1) is 0 Å². The monoisotopic (exact) mass is 437 g/mol. The highest BCUT2D eigenvalue weighted by atomic mass is 35.5. The first-order valence-corrected chi connectivity index (χ1v) is 10.5. The summed E-state index contributed by atoms with van der Waals surface area (Å²) in [5.41, 5.74) is 0.872. The fourth-order valence-electron chi connectivity index (χ4n) is 3.09. The number of ether oxygens (including phenoxy) is 3. The molecule has 0 amide bonds. The molecule has 3 rings (SSSR count). The van der Waals surface area contributed by atoms with Crippen molar-refractivity contribution >= 4 is 38.5 Å². The Balaban J connectivity index is 2.25. The standard InChI is InChI=1S/C20H20ClNO6S/c1-26-16-6-8-18(27-2)19(12-16)29(24,25)22-15(5-9-20(23)28-3)11-13-10-14(21)4-7-17(13)22/h4,6-8,10-12H,5,9H2,1-3H3. The summed E-state index contributed by atoms with van der Waals surface area (Å²) >= 11 is 6.08. The van der Waals surface area contributed by atoms with Crippen molar-refractivity contribution in [1.82, 2.24) is 3.97 Å². The van der Waals surface area contributed by atoms with Crippen molar-refractivity contribution in [2.75, 3.05) is 21.3 Å². The fourth-order valence-corrected chi connectivity index (χ4v) is 5.02. The van der Waals surface area contributed by atoms with Crippen LogP contribution in [0.3, 0.4) is 0 Å². The number of benzene rings is 2. The number of aryl methyl sites for hydroxylation is 1. The molecular formula is C20H20ClNO6S. The number of rotatable bonds is 7. The molecule has 0 bridgehead atoms. The van der Waals surface area contributed by atoms with Gasteiger partial charge in [0, 0.05) is 22.2 Å². The van der Waals surface area contributed by atoms with Gasteiger partial charge in [0.05, 0.1) is 33.3 Å². The maximum atomic E-state index is 13.7. The highest BCUT2D eigenvalue weighted by Crippen LogP contribution is 2.34. The quantitative estimate of drug-likeness (QED) is 0.524. The van der Waals surface area contributed by atoms with Gasteiger partial charge in [-0.2, -0.15) is 0 Å². The van der Waals surface area contributed by atoms with Gasteiger partial charge in [-0.05, 0) is 42.8 Å². The van der Waals surface area contributed by atoms with Gasteiger partial charge in [-0.1, -0.05) is 11.6 Å². The predicted octanol–water partition coefficient (Wildman–Crippen LogP) is 3.65. The Morgan fingerprint density at radius 3 is 2.45 bits per heavy atom. The van der Waals surface area contributed by atoms with Crippen molar-refractivity contribution < 1.29 is 27.4 Å². The van der Waals surface area contributed by atoms with E-state index in [1.807, 2.05) is 0 Å². The Kier molecular flexibility index (Phi) is 6.04. The number of nitrogens with zero attached hydrogens (tertiary/aromatic N) is 1. The molecule has 0 atom stereocenters. The largest absolute Gasteiger partial charge is 0.497 e. The molecule has 9 heteroatoms. The number of hydrogen-bond donors (Lipinski definition) is 0. The third-order valence-corrected chi connectivity index (χ3v) is 6.52. The molecule has 0 aliphatic heterocycles. The molecule has 0 fully saturated rings. The first kappa shape index (κ1) is 21.0. The van der Waals surface area contributed by atoms with Crippen LogP contribution in [0.2, 0.25) is 5.02 Å². The SMILES string of the molecule is COC(=O)CCc1cc2cc(Cl)ccc2n1S(=O)(=O)c1cc(OC)ccc1OC. The van der Waals surface area contributed by atoms with Gasteiger partial charge in [0.1, 0.15) is 16.4 Å². The van der Waals surface area contributed by atoms with Crippen LogP contribution in [0, 0.1) is 0 Å². The van der Waals surface area contributed by atoms with Crippen molar-refractivity contribution in [3.8, 4) is 11.5 Å². The zero-order valence-corrected chi connectivity index (χ0v) is 17.7.